The monoisotopic (exact) mass is 366 g/mol. The number of hydrogen-bond donors (Lipinski definition) is 2. The molecule has 0 unspecified atom stereocenters. The second-order valence-electron chi connectivity index (χ2n) is 6.06. The van der Waals surface area contributed by atoms with Crippen LogP contribution in [0.5, 0.6) is 0 Å². The lowest BCUT2D eigenvalue weighted by molar-refractivity contribution is -0.115. The van der Waals surface area contributed by atoms with Crippen molar-refractivity contribution in [2.24, 2.45) is 7.05 Å². The van der Waals surface area contributed by atoms with Gasteiger partial charge in [-0.2, -0.15) is 5.10 Å². The fourth-order valence-electron chi connectivity index (χ4n) is 2.54. The Kier molecular flexibility index (Phi) is 5.61. The highest BCUT2D eigenvalue weighted by atomic mass is 19.1. The Hall–Kier alpha value is -3.48. The van der Waals surface area contributed by atoms with Crippen molar-refractivity contribution in [1.82, 2.24) is 15.1 Å². The number of carbonyl (C=O) groups excluding carboxylic acids is 2. The molecule has 0 atom stereocenters. The molecule has 1 aromatic heterocycles. The van der Waals surface area contributed by atoms with Crippen LogP contribution in [0.2, 0.25) is 0 Å². The number of carbonyl (C=O) groups is 2. The van der Waals surface area contributed by atoms with E-state index in [4.69, 9.17) is 0 Å². The van der Waals surface area contributed by atoms with Crippen molar-refractivity contribution in [1.29, 1.82) is 0 Å². The summed E-state index contributed by atoms with van der Waals surface area (Å²) in [6.07, 6.45) is 0.234. The van der Waals surface area contributed by atoms with Gasteiger partial charge >= 0.3 is 0 Å². The van der Waals surface area contributed by atoms with Gasteiger partial charge in [0.15, 0.2) is 5.69 Å². The predicted octanol–water partition coefficient (Wildman–Crippen LogP) is 2.67. The second-order valence-corrected chi connectivity index (χ2v) is 6.06. The zero-order valence-electron chi connectivity index (χ0n) is 14.8. The fourth-order valence-corrected chi connectivity index (χ4v) is 2.54. The van der Waals surface area contributed by atoms with E-state index in [0.717, 1.165) is 11.1 Å². The van der Waals surface area contributed by atoms with Crippen molar-refractivity contribution in [2.75, 3.05) is 5.32 Å². The maximum Gasteiger partial charge on any atom is 0.272 e. The Labute approximate surface area is 156 Å². The first kappa shape index (κ1) is 18.3. The highest BCUT2D eigenvalue weighted by Gasteiger charge is 2.14. The van der Waals surface area contributed by atoms with Gasteiger partial charge in [0.1, 0.15) is 11.6 Å². The van der Waals surface area contributed by atoms with Crippen molar-refractivity contribution < 1.29 is 14.0 Å². The summed E-state index contributed by atoms with van der Waals surface area (Å²) in [4.78, 5) is 24.4. The molecule has 27 heavy (non-hydrogen) atoms. The van der Waals surface area contributed by atoms with Gasteiger partial charge in [0.2, 0.25) is 5.91 Å². The summed E-state index contributed by atoms with van der Waals surface area (Å²) in [5, 5.41) is 9.60. The van der Waals surface area contributed by atoms with Gasteiger partial charge in [-0.3, -0.25) is 14.3 Å². The molecule has 0 fully saturated rings. The first-order chi connectivity index (χ1) is 13.0. The van der Waals surface area contributed by atoms with Gasteiger partial charge in [0.05, 0.1) is 6.42 Å². The molecule has 2 N–H and O–H groups in total. The van der Waals surface area contributed by atoms with Gasteiger partial charge in [-0.1, -0.05) is 42.5 Å². The van der Waals surface area contributed by atoms with E-state index in [1.165, 1.54) is 22.9 Å². The van der Waals surface area contributed by atoms with Crippen LogP contribution in [-0.2, 0) is 24.8 Å². The van der Waals surface area contributed by atoms with Crippen LogP contribution in [0, 0.1) is 5.82 Å². The molecule has 138 valence electrons. The van der Waals surface area contributed by atoms with Crippen molar-refractivity contribution in [3.63, 3.8) is 0 Å². The summed E-state index contributed by atoms with van der Waals surface area (Å²) in [6.45, 7) is 0.255. The van der Waals surface area contributed by atoms with Crippen LogP contribution < -0.4 is 10.6 Å². The Balaban J connectivity index is 1.58. The topological polar surface area (TPSA) is 76.0 Å². The Bertz CT molecular complexity index is 936. The first-order valence-electron chi connectivity index (χ1n) is 8.42. The fraction of sp³-hybridized carbons (Fsp3) is 0.150. The maximum atomic E-state index is 12.9. The number of aromatic nitrogens is 2. The lowest BCUT2D eigenvalue weighted by Crippen LogP contribution is -2.23. The summed E-state index contributed by atoms with van der Waals surface area (Å²) in [5.41, 5.74) is 1.86. The molecule has 0 aliphatic carbocycles. The van der Waals surface area contributed by atoms with Crippen molar-refractivity contribution in [3.8, 4) is 0 Å². The number of halogens is 1. The molecule has 3 rings (SSSR count). The van der Waals surface area contributed by atoms with Crippen LogP contribution in [0.1, 0.15) is 21.6 Å². The summed E-state index contributed by atoms with van der Waals surface area (Å²) >= 11 is 0. The number of rotatable bonds is 6. The summed E-state index contributed by atoms with van der Waals surface area (Å²) in [7, 11) is 1.65. The highest BCUT2D eigenvalue weighted by Crippen LogP contribution is 2.11. The van der Waals surface area contributed by atoms with Crippen molar-refractivity contribution in [2.45, 2.75) is 13.0 Å². The van der Waals surface area contributed by atoms with Crippen LogP contribution in [0.4, 0.5) is 10.2 Å². The normalized spacial score (nSPS) is 10.4. The standard InChI is InChI=1S/C20H19FN4O2/c1-25-18(23-19(26)11-14-5-3-2-4-6-14)12-17(24-25)20(27)22-13-15-7-9-16(21)10-8-15/h2-10,12H,11,13H2,1H3,(H,22,27)(H,23,26). The van der Waals surface area contributed by atoms with E-state index in [1.54, 1.807) is 19.2 Å². The van der Waals surface area contributed by atoms with Gasteiger partial charge in [0.25, 0.3) is 5.91 Å². The third-order valence-corrected chi connectivity index (χ3v) is 3.95. The molecule has 3 aromatic rings. The van der Waals surface area contributed by atoms with Crippen molar-refractivity contribution >= 4 is 17.6 Å². The molecule has 0 bridgehead atoms. The molecule has 6 nitrogen and oxygen atoms in total. The van der Waals surface area contributed by atoms with Gasteiger partial charge in [-0.05, 0) is 23.3 Å². The van der Waals surface area contributed by atoms with E-state index in [-0.39, 0.29) is 36.3 Å². The van der Waals surface area contributed by atoms with Crippen LogP contribution in [0.3, 0.4) is 0 Å². The molecule has 2 aromatic carbocycles. The van der Waals surface area contributed by atoms with Crippen LogP contribution in [0.25, 0.3) is 0 Å². The zero-order chi connectivity index (χ0) is 19.2. The SMILES string of the molecule is Cn1nc(C(=O)NCc2ccc(F)cc2)cc1NC(=O)Cc1ccccc1. The minimum atomic E-state index is -0.376. The number of aryl methyl sites for hydroxylation is 1. The lowest BCUT2D eigenvalue weighted by atomic mass is 10.1. The summed E-state index contributed by atoms with van der Waals surface area (Å²) in [5.74, 6) is -0.463. The molecule has 0 radical (unpaired) electrons. The first-order valence-corrected chi connectivity index (χ1v) is 8.42. The van der Waals surface area contributed by atoms with E-state index >= 15 is 0 Å². The molecule has 1 heterocycles. The second kappa shape index (κ2) is 8.27. The van der Waals surface area contributed by atoms with Crippen molar-refractivity contribution in [3.05, 3.63) is 83.3 Å². The van der Waals surface area contributed by atoms with Crippen LogP contribution >= 0.6 is 0 Å². The number of anilines is 1. The number of nitrogens with zero attached hydrogens (tertiary/aromatic N) is 2. The number of nitrogens with one attached hydrogen (secondary N) is 2. The van der Waals surface area contributed by atoms with E-state index in [1.807, 2.05) is 30.3 Å². The average molecular weight is 366 g/mol. The third-order valence-electron chi connectivity index (χ3n) is 3.95. The quantitative estimate of drug-likeness (QED) is 0.704. The molecular weight excluding hydrogens is 347 g/mol. The molecule has 0 aliphatic heterocycles. The summed E-state index contributed by atoms with van der Waals surface area (Å²) in [6, 6.07) is 16.8. The van der Waals surface area contributed by atoms with Crippen LogP contribution in [-0.4, -0.2) is 21.6 Å². The van der Waals surface area contributed by atoms with Gasteiger partial charge in [-0.15, -0.1) is 0 Å². The van der Waals surface area contributed by atoms with Gasteiger partial charge in [0, 0.05) is 19.7 Å². The minimum absolute atomic E-state index is 0.189. The molecule has 7 heteroatoms. The minimum Gasteiger partial charge on any atom is -0.347 e. The Morgan fingerprint density at radius 1 is 1.04 bits per heavy atom. The number of amides is 2. The Morgan fingerprint density at radius 2 is 1.74 bits per heavy atom. The van der Waals surface area contributed by atoms with E-state index in [2.05, 4.69) is 15.7 Å². The number of hydrogen-bond acceptors (Lipinski definition) is 3. The Morgan fingerprint density at radius 3 is 2.44 bits per heavy atom. The van der Waals surface area contributed by atoms with E-state index in [0.29, 0.717) is 5.82 Å². The maximum absolute atomic E-state index is 12.9. The number of benzene rings is 2. The van der Waals surface area contributed by atoms with Gasteiger partial charge in [-0.25, -0.2) is 4.39 Å². The molecule has 0 saturated carbocycles. The largest absolute Gasteiger partial charge is 0.347 e. The molecule has 0 saturated heterocycles. The van der Waals surface area contributed by atoms with Crippen LogP contribution in [0.15, 0.2) is 60.7 Å². The lowest BCUT2D eigenvalue weighted by Gasteiger charge is -2.04. The smallest absolute Gasteiger partial charge is 0.272 e. The average Bonchev–Trinajstić information content (AvgIpc) is 3.02. The predicted molar refractivity (Wildman–Crippen MR) is 99.6 cm³/mol. The van der Waals surface area contributed by atoms with E-state index < -0.39 is 0 Å². The highest BCUT2D eigenvalue weighted by molar-refractivity contribution is 5.95. The molecule has 2 amide bonds. The summed E-state index contributed by atoms with van der Waals surface area (Å²) < 4.78 is 14.3. The third kappa shape index (κ3) is 5.01. The van der Waals surface area contributed by atoms with Gasteiger partial charge < -0.3 is 10.6 Å². The van der Waals surface area contributed by atoms with E-state index in [9.17, 15) is 14.0 Å². The molecule has 0 spiro atoms. The zero-order valence-corrected chi connectivity index (χ0v) is 14.8. The molecule has 0 aliphatic rings. The molecular formula is C20H19FN4O2.